The van der Waals surface area contributed by atoms with Crippen LogP contribution in [0.3, 0.4) is 0 Å². The first-order chi connectivity index (χ1) is 6.82. The van der Waals surface area contributed by atoms with Gasteiger partial charge < -0.3 is 0 Å². The molecule has 0 aromatic rings. The Morgan fingerprint density at radius 1 is 1.12 bits per heavy atom. The van der Waals surface area contributed by atoms with Crippen molar-refractivity contribution in [3.05, 3.63) is 0 Å². The third-order valence-corrected chi connectivity index (χ3v) is 2.62. The molecule has 0 aromatic heterocycles. The Morgan fingerprint density at radius 3 is 1.75 bits per heavy atom. The van der Waals surface area contributed by atoms with Crippen LogP contribution < -0.4 is 0 Å². The summed E-state index contributed by atoms with van der Waals surface area (Å²) in [4.78, 5) is 0. The summed E-state index contributed by atoms with van der Waals surface area (Å²) in [6.07, 6.45) is -10.6. The van der Waals surface area contributed by atoms with Gasteiger partial charge in [-0.3, -0.25) is 0 Å². The Kier molecular flexibility index (Phi) is 4.22. The summed E-state index contributed by atoms with van der Waals surface area (Å²) in [6, 6.07) is 0. The molecule has 0 bridgehead atoms. The smallest absolute Gasteiger partial charge is 0.214 e. The molecule has 0 spiro atoms. The molecule has 0 heterocycles. The van der Waals surface area contributed by atoms with E-state index >= 15 is 0 Å². The molecule has 0 fully saturated rings. The zero-order valence-corrected chi connectivity index (χ0v) is 8.74. The Morgan fingerprint density at radius 2 is 1.50 bits per heavy atom. The summed E-state index contributed by atoms with van der Waals surface area (Å²) in [7, 11) is -3.42. The molecule has 0 radical (unpaired) electrons. The van der Waals surface area contributed by atoms with Crippen LogP contribution in [-0.2, 0) is 14.5 Å². The second kappa shape index (κ2) is 4.37. The van der Waals surface area contributed by atoms with E-state index < -0.39 is 28.8 Å². The van der Waals surface area contributed by atoms with Crippen LogP contribution in [0.2, 0.25) is 0 Å². The zero-order chi connectivity index (χ0) is 13.4. The third-order valence-electron chi connectivity index (χ3n) is 1.32. The van der Waals surface area contributed by atoms with Crippen LogP contribution in [0, 0.1) is 0 Å². The fourth-order valence-electron chi connectivity index (χ4n) is 0.382. The van der Waals surface area contributed by atoms with Gasteiger partial charge in [0.15, 0.2) is 0 Å². The van der Waals surface area contributed by atoms with Crippen LogP contribution >= 0.6 is 0 Å². The molecule has 1 atom stereocenters. The molecule has 0 rings (SSSR count). The van der Waals surface area contributed by atoms with Crippen molar-refractivity contribution < 1.29 is 38.9 Å². The van der Waals surface area contributed by atoms with E-state index in [0.717, 1.165) is 14.1 Å². The molecule has 0 saturated heterocycles. The lowest BCUT2D eigenvalue weighted by atomic mass is 10.3. The van der Waals surface area contributed by atoms with Gasteiger partial charge >= 0.3 is 22.4 Å². The number of rotatable bonds is 4. The first-order valence-corrected chi connectivity index (χ1v) is 4.88. The Bertz CT molecular complexity index is 337. The van der Waals surface area contributed by atoms with E-state index in [4.69, 9.17) is 0 Å². The summed E-state index contributed by atoms with van der Waals surface area (Å²) in [5.41, 5.74) is 0. The molecule has 0 aliphatic heterocycles. The van der Waals surface area contributed by atoms with Crippen LogP contribution in [0.15, 0.2) is 0 Å². The van der Waals surface area contributed by atoms with Crippen molar-refractivity contribution >= 4 is 10.3 Å². The van der Waals surface area contributed by atoms with Gasteiger partial charge in [0.05, 0.1) is 0 Å². The highest BCUT2D eigenvalue weighted by atomic mass is 32.2. The molecule has 1 unspecified atom stereocenters. The largest absolute Gasteiger partial charge is 0.459 e. The Balaban J connectivity index is 4.92. The maximum atomic E-state index is 12.4. The SMILES string of the molecule is CN(C)S(=O)(=O)OC(F)C(F)(F)C(F)(F)F. The van der Waals surface area contributed by atoms with E-state index in [-0.39, 0.29) is 4.31 Å². The minimum atomic E-state index is -6.24. The molecule has 4 nitrogen and oxygen atoms in total. The van der Waals surface area contributed by atoms with Crippen molar-refractivity contribution in [3.8, 4) is 0 Å². The lowest BCUT2D eigenvalue weighted by molar-refractivity contribution is -0.327. The van der Waals surface area contributed by atoms with Crippen molar-refractivity contribution in [1.82, 2.24) is 4.31 Å². The lowest BCUT2D eigenvalue weighted by Gasteiger charge is -2.23. The van der Waals surface area contributed by atoms with Crippen LogP contribution in [0.1, 0.15) is 0 Å². The maximum absolute atomic E-state index is 12.4. The van der Waals surface area contributed by atoms with E-state index in [1.54, 1.807) is 0 Å². The van der Waals surface area contributed by atoms with Crippen molar-refractivity contribution in [3.63, 3.8) is 0 Å². The minimum absolute atomic E-state index is 0.145. The molecular weight excluding hydrogens is 268 g/mol. The number of alkyl halides is 6. The van der Waals surface area contributed by atoms with E-state index in [1.165, 1.54) is 0 Å². The normalized spacial score (nSPS) is 16.6. The highest BCUT2D eigenvalue weighted by molar-refractivity contribution is 7.84. The van der Waals surface area contributed by atoms with Crippen molar-refractivity contribution in [2.24, 2.45) is 0 Å². The van der Waals surface area contributed by atoms with Gasteiger partial charge in [0, 0.05) is 14.1 Å². The molecular formula is C5H7F6NO3S. The van der Waals surface area contributed by atoms with Crippen LogP contribution in [0.25, 0.3) is 0 Å². The van der Waals surface area contributed by atoms with E-state index in [1.807, 2.05) is 0 Å². The number of nitrogens with zero attached hydrogens (tertiary/aromatic N) is 1. The quantitative estimate of drug-likeness (QED) is 0.727. The van der Waals surface area contributed by atoms with Gasteiger partial charge in [-0.25, -0.2) is 8.57 Å². The first kappa shape index (κ1) is 15.4. The lowest BCUT2D eigenvalue weighted by Crippen LogP contribution is -2.47. The fraction of sp³-hybridized carbons (Fsp3) is 1.00. The van der Waals surface area contributed by atoms with Gasteiger partial charge in [-0.2, -0.15) is 34.7 Å². The summed E-state index contributed by atoms with van der Waals surface area (Å²) in [5, 5.41) is 0. The highest BCUT2D eigenvalue weighted by Gasteiger charge is 2.65. The Labute approximate surface area is 87.0 Å². The predicted octanol–water partition coefficient (Wildman–Crippen LogP) is 1.30. The van der Waals surface area contributed by atoms with Gasteiger partial charge in [0.1, 0.15) is 0 Å². The van der Waals surface area contributed by atoms with Gasteiger partial charge in [-0.15, -0.1) is 0 Å². The zero-order valence-electron chi connectivity index (χ0n) is 7.93. The summed E-state index contributed by atoms with van der Waals surface area (Å²) < 4.78 is 96.2. The number of halogens is 6. The van der Waals surface area contributed by atoms with E-state index in [2.05, 4.69) is 4.18 Å². The molecule has 11 heteroatoms. The first-order valence-electron chi connectivity index (χ1n) is 3.51. The third kappa shape index (κ3) is 3.22. The molecule has 0 N–H and O–H groups in total. The van der Waals surface area contributed by atoms with Gasteiger partial charge in [-0.05, 0) is 0 Å². The molecule has 0 saturated carbocycles. The molecule has 16 heavy (non-hydrogen) atoms. The van der Waals surface area contributed by atoms with Crippen LogP contribution in [0.4, 0.5) is 26.3 Å². The number of hydrogen-bond acceptors (Lipinski definition) is 3. The van der Waals surface area contributed by atoms with Crippen molar-refractivity contribution in [2.75, 3.05) is 14.1 Å². The second-order valence-corrected chi connectivity index (χ2v) is 4.55. The van der Waals surface area contributed by atoms with Crippen molar-refractivity contribution in [2.45, 2.75) is 18.5 Å². The van der Waals surface area contributed by atoms with E-state index in [0.29, 0.717) is 0 Å². The van der Waals surface area contributed by atoms with Crippen LogP contribution in [-0.4, -0.2) is 45.3 Å². The maximum Gasteiger partial charge on any atom is 0.459 e. The monoisotopic (exact) mass is 275 g/mol. The van der Waals surface area contributed by atoms with Gasteiger partial charge in [0.2, 0.25) is 0 Å². The van der Waals surface area contributed by atoms with Crippen LogP contribution in [0.5, 0.6) is 0 Å². The van der Waals surface area contributed by atoms with E-state index in [9.17, 15) is 34.8 Å². The minimum Gasteiger partial charge on any atom is -0.214 e. The number of hydrogen-bond donors (Lipinski definition) is 0. The molecule has 0 amide bonds. The topological polar surface area (TPSA) is 46.6 Å². The average Bonchev–Trinajstić information content (AvgIpc) is 2.00. The molecule has 0 aromatic carbocycles. The Hall–Kier alpha value is -0.550. The van der Waals surface area contributed by atoms with Gasteiger partial charge in [-0.1, -0.05) is 0 Å². The standard InChI is InChI=1S/C5H7F6NO3S/c1-12(2)16(13,14)15-3(6)4(7,8)5(9,10)11/h3H,1-2H3. The molecule has 0 aliphatic rings. The van der Waals surface area contributed by atoms with Crippen molar-refractivity contribution in [1.29, 1.82) is 0 Å². The summed E-state index contributed by atoms with van der Waals surface area (Å²) >= 11 is 0. The fourth-order valence-corrected chi connectivity index (χ4v) is 0.888. The van der Waals surface area contributed by atoms with Gasteiger partial charge in [0.25, 0.3) is 6.36 Å². The average molecular weight is 275 g/mol. The predicted molar refractivity (Wildman–Crippen MR) is 39.6 cm³/mol. The molecule has 98 valence electrons. The second-order valence-electron chi connectivity index (χ2n) is 2.77. The summed E-state index contributed by atoms with van der Waals surface area (Å²) in [6.45, 7) is 0. The summed E-state index contributed by atoms with van der Waals surface area (Å²) in [5.74, 6) is -5.91. The molecule has 0 aliphatic carbocycles. The highest BCUT2D eigenvalue weighted by Crippen LogP contribution is 2.40.